The molecule has 1 aromatic carbocycles. The summed E-state index contributed by atoms with van der Waals surface area (Å²) in [5.41, 5.74) is 0.826. The highest BCUT2D eigenvalue weighted by atomic mass is 16.5. The molecule has 8 heteroatoms. The summed E-state index contributed by atoms with van der Waals surface area (Å²) in [7, 11) is 3.09. The molecule has 2 heterocycles. The Morgan fingerprint density at radius 2 is 1.63 bits per heavy atom. The number of nitrogens with zero attached hydrogens (tertiary/aromatic N) is 3. The third-order valence-corrected chi connectivity index (χ3v) is 4.55. The molecule has 0 atom stereocenters. The number of ether oxygens (including phenoxy) is 2. The second-order valence-corrected chi connectivity index (χ2v) is 6.33. The molecule has 0 spiro atoms. The van der Waals surface area contributed by atoms with E-state index in [4.69, 9.17) is 14.0 Å². The zero-order valence-electron chi connectivity index (χ0n) is 15.7. The molecule has 0 radical (unpaired) electrons. The number of carbonyl (C=O) groups excluding carboxylic acids is 2. The van der Waals surface area contributed by atoms with Gasteiger partial charge in [-0.2, -0.15) is 0 Å². The molecule has 0 unspecified atom stereocenters. The van der Waals surface area contributed by atoms with Crippen molar-refractivity contribution >= 4 is 11.8 Å². The lowest BCUT2D eigenvalue weighted by Crippen LogP contribution is -2.37. The van der Waals surface area contributed by atoms with Gasteiger partial charge in [-0.05, 0) is 31.5 Å². The van der Waals surface area contributed by atoms with E-state index in [1.807, 2.05) is 0 Å². The maximum absolute atomic E-state index is 12.9. The van der Waals surface area contributed by atoms with Crippen molar-refractivity contribution < 1.29 is 23.6 Å². The van der Waals surface area contributed by atoms with Crippen molar-refractivity contribution in [3.8, 4) is 11.5 Å². The predicted molar refractivity (Wildman–Crippen MR) is 97.2 cm³/mol. The molecule has 1 aromatic heterocycles. The maximum Gasteiger partial charge on any atom is 0.276 e. The van der Waals surface area contributed by atoms with Gasteiger partial charge >= 0.3 is 0 Å². The predicted octanol–water partition coefficient (Wildman–Crippen LogP) is 1.99. The molecule has 3 rings (SSSR count). The first-order valence-corrected chi connectivity index (χ1v) is 8.77. The van der Waals surface area contributed by atoms with E-state index in [0.717, 1.165) is 0 Å². The Labute approximate surface area is 157 Å². The molecule has 1 aliphatic rings. The summed E-state index contributed by atoms with van der Waals surface area (Å²) >= 11 is 0. The Balaban J connectivity index is 1.68. The summed E-state index contributed by atoms with van der Waals surface area (Å²) < 4.78 is 15.5. The molecule has 2 amide bonds. The third-order valence-electron chi connectivity index (χ3n) is 4.55. The zero-order chi connectivity index (χ0) is 19.4. The summed E-state index contributed by atoms with van der Waals surface area (Å²) in [4.78, 5) is 28.9. The minimum Gasteiger partial charge on any atom is -0.493 e. The van der Waals surface area contributed by atoms with Gasteiger partial charge in [0.05, 0.1) is 14.2 Å². The van der Waals surface area contributed by atoms with Gasteiger partial charge in [0, 0.05) is 37.8 Å². The Morgan fingerprint density at radius 3 is 2.22 bits per heavy atom. The summed E-state index contributed by atoms with van der Waals surface area (Å²) in [6.07, 6.45) is 0.696. The highest BCUT2D eigenvalue weighted by molar-refractivity contribution is 5.95. The van der Waals surface area contributed by atoms with Gasteiger partial charge in [0.15, 0.2) is 17.2 Å². The monoisotopic (exact) mass is 373 g/mol. The highest BCUT2D eigenvalue weighted by Crippen LogP contribution is 2.28. The normalized spacial score (nSPS) is 14.6. The molecule has 1 fully saturated rings. The number of benzene rings is 1. The Morgan fingerprint density at radius 1 is 0.963 bits per heavy atom. The van der Waals surface area contributed by atoms with E-state index in [1.54, 1.807) is 48.1 Å². The second kappa shape index (κ2) is 8.11. The van der Waals surface area contributed by atoms with Crippen molar-refractivity contribution in [1.29, 1.82) is 0 Å². The fourth-order valence-corrected chi connectivity index (χ4v) is 3.10. The summed E-state index contributed by atoms with van der Waals surface area (Å²) in [5, 5.41) is 3.79. The van der Waals surface area contributed by atoms with Crippen LogP contribution in [0.25, 0.3) is 0 Å². The molecular weight excluding hydrogens is 350 g/mol. The number of methoxy groups -OCH3 is 2. The largest absolute Gasteiger partial charge is 0.493 e. The number of hydrogen-bond donors (Lipinski definition) is 0. The van der Waals surface area contributed by atoms with Crippen molar-refractivity contribution in [3.63, 3.8) is 0 Å². The lowest BCUT2D eigenvalue weighted by atomic mass is 10.1. The van der Waals surface area contributed by atoms with Crippen LogP contribution in [0.1, 0.15) is 33.0 Å². The fraction of sp³-hybridized carbons (Fsp3) is 0.421. The average Bonchev–Trinajstić information content (AvgIpc) is 2.98. The van der Waals surface area contributed by atoms with Gasteiger partial charge in [-0.1, -0.05) is 5.16 Å². The van der Waals surface area contributed by atoms with Crippen molar-refractivity contribution in [2.45, 2.75) is 13.3 Å². The van der Waals surface area contributed by atoms with Crippen molar-refractivity contribution in [2.24, 2.45) is 0 Å². The molecule has 0 bridgehead atoms. The molecule has 0 N–H and O–H groups in total. The van der Waals surface area contributed by atoms with Gasteiger partial charge in [0.25, 0.3) is 11.8 Å². The average molecular weight is 373 g/mol. The highest BCUT2D eigenvalue weighted by Gasteiger charge is 2.25. The van der Waals surface area contributed by atoms with E-state index in [-0.39, 0.29) is 11.8 Å². The number of rotatable bonds is 4. The van der Waals surface area contributed by atoms with Crippen LogP contribution < -0.4 is 9.47 Å². The molecule has 8 nitrogen and oxygen atoms in total. The number of aromatic nitrogens is 1. The quantitative estimate of drug-likeness (QED) is 0.815. The molecule has 0 saturated carbocycles. The van der Waals surface area contributed by atoms with Crippen LogP contribution in [0.2, 0.25) is 0 Å². The maximum atomic E-state index is 12.9. The van der Waals surface area contributed by atoms with Gasteiger partial charge < -0.3 is 23.8 Å². The van der Waals surface area contributed by atoms with Gasteiger partial charge in [-0.3, -0.25) is 9.59 Å². The zero-order valence-corrected chi connectivity index (χ0v) is 15.7. The first-order valence-electron chi connectivity index (χ1n) is 8.77. The van der Waals surface area contributed by atoms with Crippen molar-refractivity contribution in [3.05, 3.63) is 41.3 Å². The molecule has 1 aliphatic heterocycles. The van der Waals surface area contributed by atoms with Crippen LogP contribution in [-0.2, 0) is 0 Å². The van der Waals surface area contributed by atoms with E-state index < -0.39 is 0 Å². The van der Waals surface area contributed by atoms with Gasteiger partial charge in [-0.25, -0.2) is 0 Å². The Kier molecular flexibility index (Phi) is 5.63. The first-order chi connectivity index (χ1) is 13.0. The van der Waals surface area contributed by atoms with E-state index in [0.29, 0.717) is 61.1 Å². The molecule has 27 heavy (non-hydrogen) atoms. The summed E-state index contributed by atoms with van der Waals surface area (Å²) in [6.45, 7) is 3.80. The summed E-state index contributed by atoms with van der Waals surface area (Å²) in [5.74, 6) is 1.41. The standard InChI is InChI=1S/C19H23N3O5/c1-13-11-15(20-27-13)19(24)22-8-4-7-21(9-10-22)18(23)14-5-6-16(25-2)17(12-14)26-3/h5-6,11-12H,4,7-10H2,1-3H3. The first kappa shape index (κ1) is 18.8. The molecule has 2 aromatic rings. The summed E-state index contributed by atoms with van der Waals surface area (Å²) in [6, 6.07) is 6.73. The molecule has 0 aliphatic carbocycles. The van der Waals surface area contributed by atoms with E-state index in [9.17, 15) is 9.59 Å². The minimum atomic E-state index is -0.174. The lowest BCUT2D eigenvalue weighted by molar-refractivity contribution is 0.0713. The molecule has 144 valence electrons. The van der Waals surface area contributed by atoms with Gasteiger partial charge in [-0.15, -0.1) is 0 Å². The Bertz CT molecular complexity index is 833. The van der Waals surface area contributed by atoms with Crippen molar-refractivity contribution in [2.75, 3.05) is 40.4 Å². The van der Waals surface area contributed by atoms with Gasteiger partial charge in [0.1, 0.15) is 5.76 Å². The number of amides is 2. The fourth-order valence-electron chi connectivity index (χ4n) is 3.10. The molecule has 1 saturated heterocycles. The Hall–Kier alpha value is -3.03. The van der Waals surface area contributed by atoms with Crippen LogP contribution in [0.5, 0.6) is 11.5 Å². The van der Waals surface area contributed by atoms with E-state index in [2.05, 4.69) is 5.16 Å². The topological polar surface area (TPSA) is 85.1 Å². The van der Waals surface area contributed by atoms with Crippen LogP contribution in [0.4, 0.5) is 0 Å². The lowest BCUT2D eigenvalue weighted by Gasteiger charge is -2.22. The second-order valence-electron chi connectivity index (χ2n) is 6.33. The van der Waals surface area contributed by atoms with Crippen LogP contribution >= 0.6 is 0 Å². The van der Waals surface area contributed by atoms with Crippen LogP contribution in [0.15, 0.2) is 28.8 Å². The van der Waals surface area contributed by atoms with Crippen molar-refractivity contribution in [1.82, 2.24) is 15.0 Å². The van der Waals surface area contributed by atoms with Crippen LogP contribution in [-0.4, -0.2) is 67.2 Å². The third kappa shape index (κ3) is 4.05. The van der Waals surface area contributed by atoms with Gasteiger partial charge in [0.2, 0.25) is 0 Å². The minimum absolute atomic E-state index is 0.0949. The van der Waals surface area contributed by atoms with E-state index in [1.165, 1.54) is 7.11 Å². The van der Waals surface area contributed by atoms with Crippen LogP contribution in [0, 0.1) is 6.92 Å². The number of carbonyl (C=O) groups is 2. The number of hydrogen-bond acceptors (Lipinski definition) is 6. The SMILES string of the molecule is COc1ccc(C(=O)N2CCCN(C(=O)c3cc(C)on3)CC2)cc1OC. The molecular formula is C19H23N3O5. The number of aryl methyl sites for hydroxylation is 1. The smallest absolute Gasteiger partial charge is 0.276 e. The van der Waals surface area contributed by atoms with E-state index >= 15 is 0 Å². The van der Waals surface area contributed by atoms with Crippen LogP contribution in [0.3, 0.4) is 0 Å².